The summed E-state index contributed by atoms with van der Waals surface area (Å²) in [4.78, 5) is 19.8. The second-order valence-electron chi connectivity index (χ2n) is 4.50. The molecule has 1 aromatic carbocycles. The predicted octanol–water partition coefficient (Wildman–Crippen LogP) is 2.81. The van der Waals surface area contributed by atoms with Crippen molar-refractivity contribution in [3.63, 3.8) is 0 Å². The largest absolute Gasteiger partial charge is 0.493 e. The molecule has 0 saturated carbocycles. The van der Waals surface area contributed by atoms with Gasteiger partial charge in [0.15, 0.2) is 17.3 Å². The first kappa shape index (κ1) is 13.2. The number of fused-ring (bicyclic) bond motifs is 1. The molecule has 0 spiro atoms. The number of ketones is 1. The Morgan fingerprint density at radius 1 is 1.14 bits per heavy atom. The molecule has 0 aliphatic carbocycles. The average molecular weight is 282 g/mol. The van der Waals surface area contributed by atoms with E-state index in [0.29, 0.717) is 28.3 Å². The Kier molecular flexibility index (Phi) is 3.31. The number of benzene rings is 1. The molecule has 5 nitrogen and oxygen atoms in total. The van der Waals surface area contributed by atoms with E-state index in [1.165, 1.54) is 0 Å². The van der Waals surface area contributed by atoms with Gasteiger partial charge < -0.3 is 14.5 Å². The van der Waals surface area contributed by atoms with Crippen molar-refractivity contribution in [2.45, 2.75) is 0 Å². The van der Waals surface area contributed by atoms with Gasteiger partial charge in [0, 0.05) is 28.9 Å². The molecule has 0 saturated heterocycles. The number of pyridine rings is 1. The zero-order valence-corrected chi connectivity index (χ0v) is 11.7. The van der Waals surface area contributed by atoms with Gasteiger partial charge in [0.25, 0.3) is 0 Å². The van der Waals surface area contributed by atoms with Crippen LogP contribution in [0.5, 0.6) is 11.5 Å². The van der Waals surface area contributed by atoms with Gasteiger partial charge in [-0.15, -0.1) is 0 Å². The van der Waals surface area contributed by atoms with Crippen molar-refractivity contribution in [1.29, 1.82) is 0 Å². The minimum absolute atomic E-state index is 0.0878. The van der Waals surface area contributed by atoms with Crippen molar-refractivity contribution >= 4 is 16.8 Å². The van der Waals surface area contributed by atoms with Crippen LogP contribution in [-0.4, -0.2) is 30.0 Å². The van der Waals surface area contributed by atoms with E-state index in [1.54, 1.807) is 44.8 Å². The average Bonchev–Trinajstić information content (AvgIpc) is 2.97. The van der Waals surface area contributed by atoms with Gasteiger partial charge in [-0.3, -0.25) is 4.79 Å². The number of nitrogens with zero attached hydrogens (tertiary/aromatic N) is 1. The van der Waals surface area contributed by atoms with Crippen molar-refractivity contribution in [3.8, 4) is 11.5 Å². The van der Waals surface area contributed by atoms with E-state index in [2.05, 4.69) is 9.97 Å². The van der Waals surface area contributed by atoms with E-state index in [9.17, 15) is 4.79 Å². The first-order valence-corrected chi connectivity index (χ1v) is 6.43. The lowest BCUT2D eigenvalue weighted by atomic mass is 10.0. The second kappa shape index (κ2) is 5.28. The molecule has 5 heteroatoms. The highest BCUT2D eigenvalue weighted by molar-refractivity contribution is 6.16. The SMILES string of the molecule is COc1ccc(C(=O)c2c[nH]c3ncccc23)cc1OC. The van der Waals surface area contributed by atoms with Crippen molar-refractivity contribution in [2.24, 2.45) is 0 Å². The molecule has 0 aliphatic heterocycles. The van der Waals surface area contributed by atoms with Crippen molar-refractivity contribution < 1.29 is 14.3 Å². The van der Waals surface area contributed by atoms with E-state index < -0.39 is 0 Å². The van der Waals surface area contributed by atoms with Crippen molar-refractivity contribution in [2.75, 3.05) is 14.2 Å². The number of aromatic nitrogens is 2. The van der Waals surface area contributed by atoms with Crippen molar-refractivity contribution in [1.82, 2.24) is 9.97 Å². The fraction of sp³-hybridized carbons (Fsp3) is 0.125. The number of rotatable bonds is 4. The molecule has 0 unspecified atom stereocenters. The fourth-order valence-electron chi connectivity index (χ4n) is 2.28. The normalized spacial score (nSPS) is 10.6. The molecule has 21 heavy (non-hydrogen) atoms. The number of methoxy groups -OCH3 is 2. The maximum atomic E-state index is 12.6. The van der Waals surface area contributed by atoms with Gasteiger partial charge in [-0.05, 0) is 30.3 Å². The molecule has 0 fully saturated rings. The summed E-state index contributed by atoms with van der Waals surface area (Å²) in [6.07, 6.45) is 3.36. The zero-order valence-electron chi connectivity index (χ0n) is 11.7. The highest BCUT2D eigenvalue weighted by atomic mass is 16.5. The van der Waals surface area contributed by atoms with Gasteiger partial charge in [-0.1, -0.05) is 0 Å². The summed E-state index contributed by atoms with van der Waals surface area (Å²) >= 11 is 0. The monoisotopic (exact) mass is 282 g/mol. The topological polar surface area (TPSA) is 64.2 Å². The first-order valence-electron chi connectivity index (χ1n) is 6.43. The number of aromatic amines is 1. The molecule has 2 aromatic heterocycles. The van der Waals surface area contributed by atoms with E-state index in [0.717, 1.165) is 5.39 Å². The Morgan fingerprint density at radius 3 is 2.71 bits per heavy atom. The summed E-state index contributed by atoms with van der Waals surface area (Å²) in [7, 11) is 3.10. The summed E-state index contributed by atoms with van der Waals surface area (Å²) in [6, 6.07) is 8.79. The summed E-state index contributed by atoms with van der Waals surface area (Å²) < 4.78 is 10.4. The molecule has 2 heterocycles. The number of hydrogen-bond donors (Lipinski definition) is 1. The third-order valence-corrected chi connectivity index (χ3v) is 3.34. The molecule has 0 amide bonds. The van der Waals surface area contributed by atoms with Crippen LogP contribution >= 0.6 is 0 Å². The van der Waals surface area contributed by atoms with Crippen LogP contribution in [0.1, 0.15) is 15.9 Å². The van der Waals surface area contributed by atoms with E-state index in [-0.39, 0.29) is 5.78 Å². The van der Waals surface area contributed by atoms with Gasteiger partial charge in [0.1, 0.15) is 5.65 Å². The summed E-state index contributed by atoms with van der Waals surface area (Å²) in [5.41, 5.74) is 1.82. The molecule has 3 aromatic rings. The van der Waals surface area contributed by atoms with Crippen LogP contribution < -0.4 is 9.47 Å². The lowest BCUT2D eigenvalue weighted by Crippen LogP contribution is -2.01. The Labute approximate surface area is 121 Å². The number of hydrogen-bond acceptors (Lipinski definition) is 4. The lowest BCUT2D eigenvalue weighted by Gasteiger charge is -2.08. The Bertz CT molecular complexity index is 808. The van der Waals surface area contributed by atoms with Crippen LogP contribution in [0.15, 0.2) is 42.7 Å². The van der Waals surface area contributed by atoms with E-state index in [1.807, 2.05) is 12.1 Å². The van der Waals surface area contributed by atoms with Crippen LogP contribution in [0.2, 0.25) is 0 Å². The molecular weight excluding hydrogens is 268 g/mol. The van der Waals surface area contributed by atoms with Crippen LogP contribution in [0.25, 0.3) is 11.0 Å². The second-order valence-corrected chi connectivity index (χ2v) is 4.50. The third kappa shape index (κ3) is 2.23. The summed E-state index contributed by atoms with van der Waals surface area (Å²) in [6.45, 7) is 0. The number of nitrogens with one attached hydrogen (secondary N) is 1. The highest BCUT2D eigenvalue weighted by Gasteiger charge is 2.16. The Balaban J connectivity index is 2.06. The number of carbonyl (C=O) groups excluding carboxylic acids is 1. The van der Waals surface area contributed by atoms with Gasteiger partial charge in [0.05, 0.1) is 14.2 Å². The quantitative estimate of drug-likeness (QED) is 0.747. The number of ether oxygens (including phenoxy) is 2. The molecule has 0 aliphatic rings. The molecule has 0 radical (unpaired) electrons. The maximum Gasteiger partial charge on any atom is 0.195 e. The molecule has 3 rings (SSSR count). The van der Waals surface area contributed by atoms with Gasteiger partial charge >= 0.3 is 0 Å². The van der Waals surface area contributed by atoms with Gasteiger partial charge in [0.2, 0.25) is 0 Å². The fourth-order valence-corrected chi connectivity index (χ4v) is 2.28. The van der Waals surface area contributed by atoms with Gasteiger partial charge in [-0.2, -0.15) is 0 Å². The predicted molar refractivity (Wildman–Crippen MR) is 79.1 cm³/mol. The Morgan fingerprint density at radius 2 is 1.95 bits per heavy atom. The smallest absolute Gasteiger partial charge is 0.195 e. The minimum Gasteiger partial charge on any atom is -0.493 e. The maximum absolute atomic E-state index is 12.6. The van der Waals surface area contributed by atoms with Crippen LogP contribution in [0.3, 0.4) is 0 Å². The van der Waals surface area contributed by atoms with E-state index >= 15 is 0 Å². The molecule has 106 valence electrons. The molecule has 0 bridgehead atoms. The highest BCUT2D eigenvalue weighted by Crippen LogP contribution is 2.29. The lowest BCUT2D eigenvalue weighted by molar-refractivity contribution is 0.104. The first-order chi connectivity index (χ1) is 10.2. The Hall–Kier alpha value is -2.82. The van der Waals surface area contributed by atoms with Gasteiger partial charge in [-0.25, -0.2) is 4.98 Å². The van der Waals surface area contributed by atoms with Crippen LogP contribution in [0, 0.1) is 0 Å². The summed E-state index contributed by atoms with van der Waals surface area (Å²) in [5.74, 6) is 1.03. The standard InChI is InChI=1S/C16H14N2O3/c1-20-13-6-5-10(8-14(13)21-2)15(19)12-9-18-16-11(12)4-3-7-17-16/h3-9H,1-2H3,(H,17,18). The third-order valence-electron chi connectivity index (χ3n) is 3.34. The number of H-pyrrole nitrogens is 1. The molecule has 0 atom stereocenters. The minimum atomic E-state index is -0.0878. The number of carbonyl (C=O) groups is 1. The molecular formula is C16H14N2O3. The van der Waals surface area contributed by atoms with Crippen LogP contribution in [-0.2, 0) is 0 Å². The summed E-state index contributed by atoms with van der Waals surface area (Å²) in [5, 5.41) is 0.803. The van der Waals surface area contributed by atoms with Crippen molar-refractivity contribution in [3.05, 3.63) is 53.9 Å². The van der Waals surface area contributed by atoms with E-state index in [4.69, 9.17) is 9.47 Å². The zero-order chi connectivity index (χ0) is 14.8. The van der Waals surface area contributed by atoms with Crippen LogP contribution in [0.4, 0.5) is 0 Å². The molecule has 1 N–H and O–H groups in total.